The molecule has 0 bridgehead atoms. The number of nitrogens with one attached hydrogen (secondary N) is 2. The van der Waals surface area contributed by atoms with Crippen molar-refractivity contribution in [3.8, 4) is 0 Å². The van der Waals surface area contributed by atoms with Crippen LogP contribution in [-0.4, -0.2) is 35.5 Å². The summed E-state index contributed by atoms with van der Waals surface area (Å²) in [5.41, 5.74) is 0.461. The van der Waals surface area contributed by atoms with Crippen molar-refractivity contribution in [3.63, 3.8) is 0 Å². The standard InChI is InChI=1S/C13H20ClN3OS/c1-4-5-15-12-6-10(11(14)7-16-12)13(18)17-9(2)8-19-3/h6-7,9H,4-5,8H2,1-3H3,(H,15,16)(H,17,18). The van der Waals surface area contributed by atoms with Gasteiger partial charge in [-0.3, -0.25) is 4.79 Å². The van der Waals surface area contributed by atoms with Gasteiger partial charge in [-0.05, 0) is 25.7 Å². The van der Waals surface area contributed by atoms with Crippen LogP contribution in [0.15, 0.2) is 12.3 Å². The van der Waals surface area contributed by atoms with Crippen LogP contribution in [0.1, 0.15) is 30.6 Å². The van der Waals surface area contributed by atoms with Gasteiger partial charge in [0, 0.05) is 24.5 Å². The summed E-state index contributed by atoms with van der Waals surface area (Å²) < 4.78 is 0. The highest BCUT2D eigenvalue weighted by Gasteiger charge is 2.14. The first-order valence-corrected chi connectivity index (χ1v) is 8.04. The molecule has 0 aliphatic rings. The van der Waals surface area contributed by atoms with Gasteiger partial charge in [-0.15, -0.1) is 0 Å². The molecule has 0 saturated heterocycles. The van der Waals surface area contributed by atoms with Crippen LogP contribution in [0.25, 0.3) is 0 Å². The number of hydrogen-bond acceptors (Lipinski definition) is 4. The number of rotatable bonds is 7. The zero-order chi connectivity index (χ0) is 14.3. The number of nitrogens with zero attached hydrogens (tertiary/aromatic N) is 1. The molecule has 0 aliphatic heterocycles. The van der Waals surface area contributed by atoms with Crippen molar-refractivity contribution in [2.75, 3.05) is 23.9 Å². The molecule has 0 fully saturated rings. The van der Waals surface area contributed by atoms with E-state index in [9.17, 15) is 4.79 Å². The maximum Gasteiger partial charge on any atom is 0.253 e. The number of pyridine rings is 1. The molecule has 19 heavy (non-hydrogen) atoms. The molecule has 1 aromatic heterocycles. The monoisotopic (exact) mass is 301 g/mol. The molecule has 0 aromatic carbocycles. The topological polar surface area (TPSA) is 54.0 Å². The normalized spacial score (nSPS) is 12.0. The zero-order valence-corrected chi connectivity index (χ0v) is 13.1. The van der Waals surface area contributed by atoms with Gasteiger partial charge in [-0.25, -0.2) is 4.98 Å². The average Bonchev–Trinajstić information content (AvgIpc) is 2.37. The molecular weight excluding hydrogens is 282 g/mol. The molecule has 0 aliphatic carbocycles. The van der Waals surface area contributed by atoms with Gasteiger partial charge in [-0.2, -0.15) is 11.8 Å². The van der Waals surface area contributed by atoms with Crippen LogP contribution < -0.4 is 10.6 Å². The molecule has 0 spiro atoms. The van der Waals surface area contributed by atoms with Crippen molar-refractivity contribution in [2.24, 2.45) is 0 Å². The van der Waals surface area contributed by atoms with Gasteiger partial charge in [0.05, 0.1) is 10.6 Å². The molecule has 106 valence electrons. The number of aromatic nitrogens is 1. The minimum absolute atomic E-state index is 0.110. The van der Waals surface area contributed by atoms with Gasteiger partial charge in [0.25, 0.3) is 5.91 Å². The summed E-state index contributed by atoms with van der Waals surface area (Å²) in [5.74, 6) is 1.39. The Hall–Kier alpha value is -0.940. The number of halogens is 1. The van der Waals surface area contributed by atoms with E-state index in [0.717, 1.165) is 18.7 Å². The quantitative estimate of drug-likeness (QED) is 0.813. The van der Waals surface area contributed by atoms with Crippen molar-refractivity contribution in [2.45, 2.75) is 26.3 Å². The molecule has 0 saturated carbocycles. The Balaban J connectivity index is 2.77. The van der Waals surface area contributed by atoms with E-state index in [1.165, 1.54) is 6.20 Å². The molecule has 6 heteroatoms. The summed E-state index contributed by atoms with van der Waals surface area (Å²) in [7, 11) is 0. The lowest BCUT2D eigenvalue weighted by molar-refractivity contribution is 0.0944. The maximum atomic E-state index is 12.1. The number of amides is 1. The molecule has 1 heterocycles. The Morgan fingerprint density at radius 2 is 2.32 bits per heavy atom. The fraction of sp³-hybridized carbons (Fsp3) is 0.538. The number of thioether (sulfide) groups is 1. The first kappa shape index (κ1) is 16.1. The SMILES string of the molecule is CCCNc1cc(C(=O)NC(C)CSC)c(Cl)cn1. The molecule has 1 amide bonds. The highest BCUT2D eigenvalue weighted by atomic mass is 35.5. The molecule has 1 atom stereocenters. The summed E-state index contributed by atoms with van der Waals surface area (Å²) in [6.07, 6.45) is 4.51. The highest BCUT2D eigenvalue weighted by molar-refractivity contribution is 7.98. The van der Waals surface area contributed by atoms with E-state index in [1.54, 1.807) is 17.8 Å². The van der Waals surface area contributed by atoms with E-state index in [2.05, 4.69) is 22.5 Å². The summed E-state index contributed by atoms with van der Waals surface area (Å²) in [6.45, 7) is 4.86. The van der Waals surface area contributed by atoms with Crippen molar-refractivity contribution in [1.82, 2.24) is 10.3 Å². The molecular formula is C13H20ClN3OS. The Morgan fingerprint density at radius 1 is 1.58 bits per heavy atom. The lowest BCUT2D eigenvalue weighted by atomic mass is 10.2. The number of anilines is 1. The van der Waals surface area contributed by atoms with Gasteiger partial charge < -0.3 is 10.6 Å². The number of carbonyl (C=O) groups excluding carboxylic acids is 1. The van der Waals surface area contributed by atoms with Crippen molar-refractivity contribution in [3.05, 3.63) is 22.8 Å². The van der Waals surface area contributed by atoms with Crippen LogP contribution in [0.3, 0.4) is 0 Å². The van der Waals surface area contributed by atoms with Crippen LogP contribution in [0, 0.1) is 0 Å². The number of carbonyl (C=O) groups is 1. The first-order valence-electron chi connectivity index (χ1n) is 6.27. The molecule has 1 rings (SSSR count). The molecule has 1 unspecified atom stereocenters. The van der Waals surface area contributed by atoms with E-state index in [0.29, 0.717) is 16.4 Å². The smallest absolute Gasteiger partial charge is 0.253 e. The molecule has 0 radical (unpaired) electrons. The lowest BCUT2D eigenvalue weighted by Gasteiger charge is -2.14. The van der Waals surface area contributed by atoms with E-state index in [4.69, 9.17) is 11.6 Å². The third-order valence-electron chi connectivity index (χ3n) is 2.45. The zero-order valence-electron chi connectivity index (χ0n) is 11.5. The Morgan fingerprint density at radius 3 is 2.95 bits per heavy atom. The van der Waals surface area contributed by atoms with Crippen LogP contribution in [0.2, 0.25) is 5.02 Å². The van der Waals surface area contributed by atoms with Crippen LogP contribution in [-0.2, 0) is 0 Å². The number of hydrogen-bond donors (Lipinski definition) is 2. The minimum atomic E-state index is -0.159. The van der Waals surface area contributed by atoms with Crippen LogP contribution in [0.4, 0.5) is 5.82 Å². The molecule has 2 N–H and O–H groups in total. The molecule has 1 aromatic rings. The van der Waals surface area contributed by atoms with Gasteiger partial charge in [0.1, 0.15) is 5.82 Å². The van der Waals surface area contributed by atoms with Gasteiger partial charge in [-0.1, -0.05) is 18.5 Å². The van der Waals surface area contributed by atoms with E-state index in [-0.39, 0.29) is 11.9 Å². The first-order chi connectivity index (χ1) is 9.08. The van der Waals surface area contributed by atoms with Gasteiger partial charge in [0.2, 0.25) is 0 Å². The Kier molecular flexibility index (Phi) is 7.02. The minimum Gasteiger partial charge on any atom is -0.370 e. The summed E-state index contributed by atoms with van der Waals surface area (Å²) in [4.78, 5) is 16.3. The Labute approximate surface area is 123 Å². The third-order valence-corrected chi connectivity index (χ3v) is 3.58. The second-order valence-corrected chi connectivity index (χ2v) is 5.62. The second kappa shape index (κ2) is 8.27. The largest absolute Gasteiger partial charge is 0.370 e. The van der Waals surface area contributed by atoms with E-state index < -0.39 is 0 Å². The van der Waals surface area contributed by atoms with E-state index >= 15 is 0 Å². The second-order valence-electron chi connectivity index (χ2n) is 4.31. The van der Waals surface area contributed by atoms with Crippen LogP contribution in [0.5, 0.6) is 0 Å². The fourth-order valence-electron chi connectivity index (χ4n) is 1.56. The predicted octanol–water partition coefficient (Wildman–Crippen LogP) is 3.04. The van der Waals surface area contributed by atoms with Crippen molar-refractivity contribution in [1.29, 1.82) is 0 Å². The molecule has 4 nitrogen and oxygen atoms in total. The maximum absolute atomic E-state index is 12.1. The third kappa shape index (κ3) is 5.28. The predicted molar refractivity (Wildman–Crippen MR) is 83.3 cm³/mol. The van der Waals surface area contributed by atoms with Crippen LogP contribution >= 0.6 is 23.4 Å². The highest BCUT2D eigenvalue weighted by Crippen LogP contribution is 2.18. The van der Waals surface area contributed by atoms with E-state index in [1.807, 2.05) is 13.2 Å². The Bertz CT molecular complexity index is 428. The summed E-state index contributed by atoms with van der Waals surface area (Å²) in [5, 5.41) is 6.43. The van der Waals surface area contributed by atoms with Crippen molar-refractivity contribution >= 4 is 35.1 Å². The fourth-order valence-corrected chi connectivity index (χ4v) is 2.33. The lowest BCUT2D eigenvalue weighted by Crippen LogP contribution is -2.34. The summed E-state index contributed by atoms with van der Waals surface area (Å²) >= 11 is 7.72. The van der Waals surface area contributed by atoms with Gasteiger partial charge >= 0.3 is 0 Å². The van der Waals surface area contributed by atoms with Crippen molar-refractivity contribution < 1.29 is 4.79 Å². The summed E-state index contributed by atoms with van der Waals surface area (Å²) in [6, 6.07) is 1.80. The van der Waals surface area contributed by atoms with Gasteiger partial charge in [0.15, 0.2) is 0 Å². The average molecular weight is 302 g/mol.